The number of morpholine rings is 1. The van der Waals surface area contributed by atoms with Crippen molar-refractivity contribution in [2.24, 2.45) is 16.8 Å². The van der Waals surface area contributed by atoms with Gasteiger partial charge in [-0.05, 0) is 33.2 Å². The molecule has 2 saturated heterocycles. The number of oxime groups is 1. The first kappa shape index (κ1) is 15.5. The Bertz CT molecular complexity index is 335. The van der Waals surface area contributed by atoms with Crippen LogP contribution in [-0.2, 0) is 4.74 Å². The number of ether oxygens (including phenoxy) is 1. The molecule has 2 aliphatic rings. The smallest absolute Gasteiger partial charge is 0.143 e. The van der Waals surface area contributed by atoms with Gasteiger partial charge < -0.3 is 15.7 Å². The summed E-state index contributed by atoms with van der Waals surface area (Å²) >= 11 is 0. The Hall–Kier alpha value is -0.850. The number of hydrogen-bond donors (Lipinski definition) is 2. The fourth-order valence-electron chi connectivity index (χ4n) is 3.15. The quantitative estimate of drug-likeness (QED) is 0.341. The molecule has 0 aromatic carbocycles. The minimum absolute atomic E-state index is 0.179. The molecule has 0 amide bonds. The summed E-state index contributed by atoms with van der Waals surface area (Å²) in [4.78, 5) is 4.86. The third kappa shape index (κ3) is 4.07. The van der Waals surface area contributed by atoms with Crippen LogP contribution >= 0.6 is 0 Å². The number of rotatable bonds is 4. The molecule has 0 aromatic heterocycles. The number of nitrogens with zero attached hydrogens (tertiary/aromatic N) is 3. The molecule has 3 N–H and O–H groups in total. The van der Waals surface area contributed by atoms with Gasteiger partial charge in [-0.2, -0.15) is 0 Å². The maximum atomic E-state index is 8.80. The van der Waals surface area contributed by atoms with Gasteiger partial charge in [0.25, 0.3) is 0 Å². The average molecular weight is 284 g/mol. The first-order valence-electron chi connectivity index (χ1n) is 7.65. The normalized spacial score (nSPS) is 30.9. The summed E-state index contributed by atoms with van der Waals surface area (Å²) < 4.78 is 5.89. The van der Waals surface area contributed by atoms with Crippen LogP contribution in [0.3, 0.4) is 0 Å². The molecule has 0 radical (unpaired) electrons. The van der Waals surface area contributed by atoms with E-state index in [1.807, 2.05) is 0 Å². The van der Waals surface area contributed by atoms with E-state index < -0.39 is 0 Å². The zero-order valence-electron chi connectivity index (χ0n) is 12.7. The Morgan fingerprint density at radius 1 is 1.40 bits per heavy atom. The monoisotopic (exact) mass is 284 g/mol. The lowest BCUT2D eigenvalue weighted by Crippen LogP contribution is -2.51. The molecule has 0 bridgehead atoms. The summed E-state index contributed by atoms with van der Waals surface area (Å²) in [6.07, 6.45) is 2.38. The number of likely N-dealkylation sites (tertiary alicyclic amines) is 1. The number of hydrogen-bond acceptors (Lipinski definition) is 5. The van der Waals surface area contributed by atoms with Crippen LogP contribution in [0.2, 0.25) is 0 Å². The van der Waals surface area contributed by atoms with E-state index in [1.165, 1.54) is 0 Å². The molecule has 2 rings (SSSR count). The summed E-state index contributed by atoms with van der Waals surface area (Å²) in [6, 6.07) is 0.577. The van der Waals surface area contributed by atoms with Crippen molar-refractivity contribution in [2.45, 2.75) is 38.8 Å². The molecule has 0 aromatic rings. The Labute approximate surface area is 121 Å². The summed E-state index contributed by atoms with van der Waals surface area (Å²) in [5, 5.41) is 12.0. The highest BCUT2D eigenvalue weighted by molar-refractivity contribution is 5.82. The summed E-state index contributed by atoms with van der Waals surface area (Å²) in [6.45, 7) is 10.2. The molecular weight excluding hydrogens is 256 g/mol. The van der Waals surface area contributed by atoms with E-state index in [2.05, 4.69) is 28.8 Å². The van der Waals surface area contributed by atoms with Crippen molar-refractivity contribution in [1.29, 1.82) is 0 Å². The second-order valence-corrected chi connectivity index (χ2v) is 6.21. The number of piperidine rings is 1. The van der Waals surface area contributed by atoms with Gasteiger partial charge in [0.1, 0.15) is 5.84 Å². The van der Waals surface area contributed by atoms with Crippen LogP contribution in [0.4, 0.5) is 0 Å². The fraction of sp³-hybridized carbons (Fsp3) is 0.929. The zero-order chi connectivity index (χ0) is 14.5. The van der Waals surface area contributed by atoms with E-state index in [1.54, 1.807) is 0 Å². The molecule has 0 aliphatic carbocycles. The molecule has 6 heteroatoms. The van der Waals surface area contributed by atoms with Gasteiger partial charge in [0, 0.05) is 38.1 Å². The molecule has 0 saturated carbocycles. The first-order valence-corrected chi connectivity index (χ1v) is 7.65. The summed E-state index contributed by atoms with van der Waals surface area (Å²) in [7, 11) is 0. The van der Waals surface area contributed by atoms with Crippen molar-refractivity contribution in [1.82, 2.24) is 9.80 Å². The van der Waals surface area contributed by atoms with E-state index in [4.69, 9.17) is 15.7 Å². The van der Waals surface area contributed by atoms with Crippen molar-refractivity contribution in [3.05, 3.63) is 0 Å². The third-order valence-electron chi connectivity index (χ3n) is 4.40. The predicted octanol–water partition coefficient (Wildman–Crippen LogP) is 0.554. The van der Waals surface area contributed by atoms with Crippen LogP contribution < -0.4 is 5.73 Å². The van der Waals surface area contributed by atoms with E-state index in [0.717, 1.165) is 52.2 Å². The van der Waals surface area contributed by atoms with E-state index in [9.17, 15) is 0 Å². The lowest BCUT2D eigenvalue weighted by atomic mass is 9.96. The maximum absolute atomic E-state index is 8.80. The Morgan fingerprint density at radius 2 is 2.20 bits per heavy atom. The van der Waals surface area contributed by atoms with Gasteiger partial charge in [-0.1, -0.05) is 5.16 Å². The summed E-state index contributed by atoms with van der Waals surface area (Å²) in [5.41, 5.74) is 5.74. The molecule has 2 atom stereocenters. The highest BCUT2D eigenvalue weighted by atomic mass is 16.5. The molecule has 116 valence electrons. The standard InChI is InChI=1S/C14H28N4O2/c1-11(2)18-6-7-20-13(10-18)9-17-5-3-4-12(8-17)14(15)16-19/h11-13,19H,3-10H2,1-2H3,(H2,15,16). The maximum Gasteiger partial charge on any atom is 0.143 e. The second-order valence-electron chi connectivity index (χ2n) is 6.21. The molecule has 6 nitrogen and oxygen atoms in total. The molecule has 2 unspecified atom stereocenters. The van der Waals surface area contributed by atoms with Crippen LogP contribution in [0.15, 0.2) is 5.16 Å². The van der Waals surface area contributed by atoms with Crippen LogP contribution in [-0.4, -0.2) is 72.3 Å². The topological polar surface area (TPSA) is 74.3 Å². The van der Waals surface area contributed by atoms with Gasteiger partial charge in [-0.3, -0.25) is 9.80 Å². The molecule has 2 aliphatic heterocycles. The van der Waals surface area contributed by atoms with Gasteiger partial charge in [0.15, 0.2) is 0 Å². The van der Waals surface area contributed by atoms with E-state index >= 15 is 0 Å². The number of nitrogens with two attached hydrogens (primary N) is 1. The average Bonchev–Trinajstić information content (AvgIpc) is 2.47. The van der Waals surface area contributed by atoms with E-state index in [0.29, 0.717) is 11.9 Å². The number of amidine groups is 1. The lowest BCUT2D eigenvalue weighted by molar-refractivity contribution is -0.0548. The highest BCUT2D eigenvalue weighted by Crippen LogP contribution is 2.18. The van der Waals surface area contributed by atoms with Crippen LogP contribution in [0.1, 0.15) is 26.7 Å². The zero-order valence-corrected chi connectivity index (χ0v) is 12.7. The molecule has 2 fully saturated rings. The van der Waals surface area contributed by atoms with Gasteiger partial charge in [-0.15, -0.1) is 0 Å². The van der Waals surface area contributed by atoms with Crippen molar-refractivity contribution in [2.75, 3.05) is 39.3 Å². The fourth-order valence-corrected chi connectivity index (χ4v) is 3.15. The van der Waals surface area contributed by atoms with Gasteiger partial charge in [0.2, 0.25) is 0 Å². The van der Waals surface area contributed by atoms with Crippen molar-refractivity contribution < 1.29 is 9.94 Å². The van der Waals surface area contributed by atoms with Crippen molar-refractivity contribution in [3.8, 4) is 0 Å². The Morgan fingerprint density at radius 3 is 2.90 bits per heavy atom. The highest BCUT2D eigenvalue weighted by Gasteiger charge is 2.28. The minimum Gasteiger partial charge on any atom is -0.409 e. The van der Waals surface area contributed by atoms with Crippen LogP contribution in [0.25, 0.3) is 0 Å². The van der Waals surface area contributed by atoms with Crippen LogP contribution in [0.5, 0.6) is 0 Å². The van der Waals surface area contributed by atoms with Gasteiger partial charge in [0.05, 0.1) is 12.7 Å². The lowest BCUT2D eigenvalue weighted by Gasteiger charge is -2.39. The molecular formula is C14H28N4O2. The van der Waals surface area contributed by atoms with Gasteiger partial charge in [-0.25, -0.2) is 0 Å². The van der Waals surface area contributed by atoms with Crippen molar-refractivity contribution >= 4 is 5.84 Å². The van der Waals surface area contributed by atoms with E-state index in [-0.39, 0.29) is 12.0 Å². The third-order valence-corrected chi connectivity index (χ3v) is 4.40. The molecule has 0 spiro atoms. The van der Waals surface area contributed by atoms with Crippen LogP contribution in [0, 0.1) is 5.92 Å². The van der Waals surface area contributed by atoms with Gasteiger partial charge >= 0.3 is 0 Å². The first-order chi connectivity index (χ1) is 9.60. The van der Waals surface area contributed by atoms with Crippen molar-refractivity contribution in [3.63, 3.8) is 0 Å². The molecule has 2 heterocycles. The minimum atomic E-state index is 0.179. The Kier molecular flexibility index (Phi) is 5.63. The predicted molar refractivity (Wildman–Crippen MR) is 79.0 cm³/mol. The largest absolute Gasteiger partial charge is 0.409 e. The summed E-state index contributed by atoms with van der Waals surface area (Å²) in [5.74, 6) is 0.543. The SMILES string of the molecule is CC(C)N1CCOC(CN2CCCC(C(N)=NO)C2)C1. The second kappa shape index (κ2) is 7.24. The molecule has 20 heavy (non-hydrogen) atoms. The Balaban J connectivity index is 1.83.